The van der Waals surface area contributed by atoms with Crippen LogP contribution in [0.15, 0.2) is 43.1 Å². The van der Waals surface area contributed by atoms with Crippen LogP contribution in [0, 0.1) is 11.8 Å². The van der Waals surface area contributed by atoms with Crippen LogP contribution in [0.25, 0.3) is 17.6 Å². The van der Waals surface area contributed by atoms with Crippen LogP contribution in [0.2, 0.25) is 0 Å². The predicted octanol–water partition coefficient (Wildman–Crippen LogP) is 3.60. The Kier molecular flexibility index (Phi) is 8.36. The second kappa shape index (κ2) is 12.0. The highest BCUT2D eigenvalue weighted by Gasteiger charge is 2.33. The number of rotatable bonds is 7. The first kappa shape index (κ1) is 25.7. The molecule has 3 fully saturated rings. The molecule has 0 radical (unpaired) electrons. The number of nitrogens with two attached hydrogens (primary N) is 1. The molecule has 1 amide bonds. The van der Waals surface area contributed by atoms with Crippen molar-refractivity contribution in [2.24, 2.45) is 11.8 Å². The maximum Gasteiger partial charge on any atom is 0.225 e. The number of piperidine rings is 3. The van der Waals surface area contributed by atoms with Crippen molar-refractivity contribution in [2.45, 2.75) is 44.6 Å². The number of nitrogen functional groups attached to an aromatic ring is 1. The molecule has 3 aliphatic heterocycles. The number of hydrogen-bond donors (Lipinski definition) is 2. The van der Waals surface area contributed by atoms with Gasteiger partial charge in [0.2, 0.25) is 5.91 Å². The molecule has 0 atom stereocenters. The summed E-state index contributed by atoms with van der Waals surface area (Å²) in [7, 11) is 0. The van der Waals surface area contributed by atoms with Crippen molar-refractivity contribution in [2.75, 3.05) is 51.5 Å². The zero-order valence-electron chi connectivity index (χ0n) is 21.9. The highest BCUT2D eigenvalue weighted by atomic mass is 16.2. The molecule has 2 aromatic heterocycles. The molecule has 198 valence electrons. The van der Waals surface area contributed by atoms with Gasteiger partial charge in [0, 0.05) is 37.8 Å². The summed E-state index contributed by atoms with van der Waals surface area (Å²) in [5.41, 5.74) is 8.14. The first-order valence-electron chi connectivity index (χ1n) is 13.9. The van der Waals surface area contributed by atoms with Gasteiger partial charge in [0.15, 0.2) is 5.82 Å². The Morgan fingerprint density at radius 2 is 1.84 bits per heavy atom. The van der Waals surface area contributed by atoms with Crippen molar-refractivity contribution in [3.8, 4) is 11.5 Å². The molecule has 0 unspecified atom stereocenters. The quantitative estimate of drug-likeness (QED) is 0.561. The van der Waals surface area contributed by atoms with Crippen molar-refractivity contribution >= 4 is 17.8 Å². The van der Waals surface area contributed by atoms with Crippen molar-refractivity contribution in [3.63, 3.8) is 0 Å². The minimum atomic E-state index is 0.166. The van der Waals surface area contributed by atoms with E-state index in [0.29, 0.717) is 11.7 Å². The van der Waals surface area contributed by atoms with Crippen LogP contribution in [0.1, 0.15) is 50.3 Å². The van der Waals surface area contributed by atoms with Gasteiger partial charge >= 0.3 is 0 Å². The molecule has 37 heavy (non-hydrogen) atoms. The van der Waals surface area contributed by atoms with E-state index in [1.165, 1.54) is 19.4 Å². The van der Waals surface area contributed by atoms with E-state index in [1.807, 2.05) is 30.4 Å². The molecule has 8 nitrogen and oxygen atoms in total. The Hall–Kier alpha value is -2.97. The molecule has 0 spiro atoms. The molecule has 3 N–H and O–H groups in total. The van der Waals surface area contributed by atoms with E-state index >= 15 is 0 Å². The average Bonchev–Trinajstić information content (AvgIpc) is 3.29. The SMILES string of the molecule is C=C/C=C\c1nc(-c2ccccn2)n(C2CCN(C(=O)C3CCN(CC4CCNCC4)CC3)CC2)c1N. The summed E-state index contributed by atoms with van der Waals surface area (Å²) in [6.07, 6.45) is 13.5. The van der Waals surface area contributed by atoms with Crippen molar-refractivity contribution < 1.29 is 4.79 Å². The van der Waals surface area contributed by atoms with E-state index in [9.17, 15) is 4.79 Å². The summed E-state index contributed by atoms with van der Waals surface area (Å²) >= 11 is 0. The fourth-order valence-electron chi connectivity index (χ4n) is 6.18. The lowest BCUT2D eigenvalue weighted by molar-refractivity contribution is -0.138. The number of allylic oxidation sites excluding steroid dienone is 2. The van der Waals surface area contributed by atoms with Crippen LogP contribution in [0.5, 0.6) is 0 Å². The molecular weight excluding hydrogens is 462 g/mol. The molecular formula is C29H41N7O. The molecule has 0 aromatic carbocycles. The van der Waals surface area contributed by atoms with Gasteiger partial charge in [-0.15, -0.1) is 0 Å². The smallest absolute Gasteiger partial charge is 0.225 e. The number of anilines is 1. The van der Waals surface area contributed by atoms with Gasteiger partial charge in [0.25, 0.3) is 0 Å². The molecule has 8 heteroatoms. The predicted molar refractivity (Wildman–Crippen MR) is 149 cm³/mol. The minimum absolute atomic E-state index is 0.166. The van der Waals surface area contributed by atoms with E-state index in [-0.39, 0.29) is 12.0 Å². The second-order valence-electron chi connectivity index (χ2n) is 10.7. The Labute approximate surface area is 220 Å². The normalized spacial score (nSPS) is 21.0. The molecule has 3 saturated heterocycles. The van der Waals surface area contributed by atoms with E-state index in [0.717, 1.165) is 88.1 Å². The first-order chi connectivity index (χ1) is 18.1. The molecule has 5 rings (SSSR count). The summed E-state index contributed by atoms with van der Waals surface area (Å²) in [6, 6.07) is 6.03. The third kappa shape index (κ3) is 5.96. The van der Waals surface area contributed by atoms with Gasteiger partial charge < -0.3 is 25.4 Å². The number of pyridine rings is 1. The Morgan fingerprint density at radius 3 is 2.51 bits per heavy atom. The van der Waals surface area contributed by atoms with Crippen molar-refractivity contribution in [1.82, 2.24) is 29.7 Å². The number of carbonyl (C=O) groups excluding carboxylic acids is 1. The lowest BCUT2D eigenvalue weighted by Crippen LogP contribution is -2.46. The van der Waals surface area contributed by atoms with Crippen molar-refractivity contribution in [1.29, 1.82) is 0 Å². The van der Waals surface area contributed by atoms with Crippen molar-refractivity contribution in [3.05, 3.63) is 48.8 Å². The van der Waals surface area contributed by atoms with E-state index in [4.69, 9.17) is 10.7 Å². The average molecular weight is 504 g/mol. The number of carbonyl (C=O) groups is 1. The van der Waals surface area contributed by atoms with Gasteiger partial charge in [-0.05, 0) is 88.8 Å². The van der Waals surface area contributed by atoms with Gasteiger partial charge in [0.1, 0.15) is 17.2 Å². The van der Waals surface area contributed by atoms with E-state index < -0.39 is 0 Å². The largest absolute Gasteiger partial charge is 0.383 e. The third-order valence-corrected chi connectivity index (χ3v) is 8.31. The van der Waals surface area contributed by atoms with Gasteiger partial charge in [-0.3, -0.25) is 9.78 Å². The van der Waals surface area contributed by atoms with E-state index in [2.05, 4.69) is 31.2 Å². The lowest BCUT2D eigenvalue weighted by atomic mass is 9.91. The number of aromatic nitrogens is 3. The maximum absolute atomic E-state index is 13.4. The summed E-state index contributed by atoms with van der Waals surface area (Å²) in [5.74, 6) is 2.75. The Balaban J connectivity index is 1.19. The lowest BCUT2D eigenvalue weighted by Gasteiger charge is -2.39. The van der Waals surface area contributed by atoms with Gasteiger partial charge in [-0.25, -0.2) is 4.98 Å². The van der Waals surface area contributed by atoms with Gasteiger partial charge in [0.05, 0.1) is 0 Å². The van der Waals surface area contributed by atoms with Gasteiger partial charge in [-0.1, -0.05) is 24.8 Å². The fraction of sp³-hybridized carbons (Fsp3) is 0.552. The second-order valence-corrected chi connectivity index (χ2v) is 10.7. The number of hydrogen-bond acceptors (Lipinski definition) is 6. The molecule has 2 aromatic rings. The topological polar surface area (TPSA) is 92.3 Å². The number of amides is 1. The third-order valence-electron chi connectivity index (χ3n) is 8.31. The highest BCUT2D eigenvalue weighted by molar-refractivity contribution is 5.79. The fourth-order valence-corrected chi connectivity index (χ4v) is 6.18. The molecule has 0 aliphatic carbocycles. The summed E-state index contributed by atoms with van der Waals surface area (Å²) in [5, 5.41) is 3.46. The number of nitrogens with zero attached hydrogens (tertiary/aromatic N) is 5. The molecule has 0 bridgehead atoms. The Morgan fingerprint density at radius 1 is 1.08 bits per heavy atom. The summed E-state index contributed by atoms with van der Waals surface area (Å²) in [4.78, 5) is 27.4. The highest BCUT2D eigenvalue weighted by Crippen LogP contribution is 2.34. The van der Waals surface area contributed by atoms with Crippen LogP contribution in [0.4, 0.5) is 5.82 Å². The summed E-state index contributed by atoms with van der Waals surface area (Å²) < 4.78 is 2.13. The number of nitrogens with one attached hydrogen (secondary N) is 1. The van der Waals surface area contributed by atoms with E-state index in [1.54, 1.807) is 12.3 Å². The van der Waals surface area contributed by atoms with Crippen LogP contribution < -0.4 is 11.1 Å². The van der Waals surface area contributed by atoms with Gasteiger partial charge in [-0.2, -0.15) is 0 Å². The Bertz CT molecular complexity index is 1070. The number of imidazole rings is 1. The molecule has 5 heterocycles. The van der Waals surface area contributed by atoms with Crippen LogP contribution in [-0.4, -0.2) is 76.1 Å². The number of likely N-dealkylation sites (tertiary alicyclic amines) is 2. The zero-order chi connectivity index (χ0) is 25.6. The molecule has 3 aliphatic rings. The first-order valence-corrected chi connectivity index (χ1v) is 13.9. The minimum Gasteiger partial charge on any atom is -0.383 e. The van der Waals surface area contributed by atoms with Crippen LogP contribution >= 0.6 is 0 Å². The van der Waals surface area contributed by atoms with Crippen LogP contribution in [0.3, 0.4) is 0 Å². The van der Waals surface area contributed by atoms with Crippen LogP contribution in [-0.2, 0) is 4.79 Å². The zero-order valence-corrected chi connectivity index (χ0v) is 21.9. The standard InChI is InChI=1S/C29H41N7O/c1-2-3-6-25-27(30)36(28(33-25)26-7-4-5-14-32-26)24-12-19-35(20-13-24)29(37)23-10-17-34(18-11-23)21-22-8-15-31-16-9-22/h2-7,14,22-24,31H,1,8-13,15-21,30H2/b6-3-. The maximum atomic E-state index is 13.4. The molecule has 0 saturated carbocycles. The monoisotopic (exact) mass is 503 g/mol. The summed E-state index contributed by atoms with van der Waals surface area (Å²) in [6.45, 7) is 10.9.